The number of carbonyl (C=O) groups excluding carboxylic acids is 2. The number of amides is 1. The zero-order valence-electron chi connectivity index (χ0n) is 11.9. The fourth-order valence-electron chi connectivity index (χ4n) is 1.73. The molecule has 20 heavy (non-hydrogen) atoms. The molecule has 0 aliphatic carbocycles. The van der Waals surface area contributed by atoms with Gasteiger partial charge in [-0.15, -0.1) is 0 Å². The summed E-state index contributed by atoms with van der Waals surface area (Å²) in [6, 6.07) is 3.63. The van der Waals surface area contributed by atoms with E-state index in [0.717, 1.165) is 6.07 Å². The Hall–Kier alpha value is -2.11. The van der Waals surface area contributed by atoms with Gasteiger partial charge in [0, 0.05) is 13.1 Å². The number of likely N-dealkylation sites (N-methyl/N-ethyl adjacent to an activating group) is 1. The maximum atomic E-state index is 13.3. The maximum absolute atomic E-state index is 13.3. The summed E-state index contributed by atoms with van der Waals surface area (Å²) in [4.78, 5) is 25.3. The molecule has 0 aliphatic heterocycles. The van der Waals surface area contributed by atoms with Gasteiger partial charge in [0.05, 0.1) is 11.3 Å². The largest absolute Gasteiger partial charge is 0.449 e. The monoisotopic (exact) mass is 282 g/mol. The smallest absolute Gasteiger partial charge is 0.339 e. The molecule has 1 unspecified atom stereocenters. The van der Waals surface area contributed by atoms with E-state index in [-0.39, 0.29) is 17.2 Å². The molecule has 0 radical (unpaired) electrons. The molecule has 1 atom stereocenters. The summed E-state index contributed by atoms with van der Waals surface area (Å²) in [5, 5.41) is 0. The minimum absolute atomic E-state index is 0.0240. The minimum Gasteiger partial charge on any atom is -0.449 e. The molecule has 0 heterocycles. The predicted octanol–water partition coefficient (Wildman–Crippen LogP) is 1.82. The number of halogens is 1. The SMILES string of the molecule is CCN(CC)C(=O)C(C)OC(=O)c1ccc(N)c(F)c1. The first kappa shape index (κ1) is 15.9. The Labute approximate surface area is 117 Å². The van der Waals surface area contributed by atoms with Crippen molar-refractivity contribution in [2.75, 3.05) is 18.8 Å². The molecule has 1 aromatic carbocycles. The van der Waals surface area contributed by atoms with Gasteiger partial charge in [-0.3, -0.25) is 4.79 Å². The number of nitrogens with zero attached hydrogens (tertiary/aromatic N) is 1. The van der Waals surface area contributed by atoms with Gasteiger partial charge < -0.3 is 15.4 Å². The van der Waals surface area contributed by atoms with Crippen molar-refractivity contribution in [3.05, 3.63) is 29.6 Å². The molecule has 0 saturated heterocycles. The van der Waals surface area contributed by atoms with E-state index in [9.17, 15) is 14.0 Å². The number of hydrogen-bond acceptors (Lipinski definition) is 4. The quantitative estimate of drug-likeness (QED) is 0.660. The molecule has 0 saturated carbocycles. The lowest BCUT2D eigenvalue weighted by atomic mass is 10.2. The van der Waals surface area contributed by atoms with Crippen molar-refractivity contribution in [1.82, 2.24) is 4.90 Å². The van der Waals surface area contributed by atoms with Crippen LogP contribution in [0.2, 0.25) is 0 Å². The number of carbonyl (C=O) groups is 2. The Morgan fingerprint density at radius 2 is 1.95 bits per heavy atom. The maximum Gasteiger partial charge on any atom is 0.339 e. The Kier molecular flexibility index (Phi) is 5.49. The van der Waals surface area contributed by atoms with E-state index in [2.05, 4.69) is 0 Å². The van der Waals surface area contributed by atoms with Gasteiger partial charge in [0.1, 0.15) is 5.82 Å². The Bertz CT molecular complexity index is 501. The van der Waals surface area contributed by atoms with Gasteiger partial charge in [0.2, 0.25) is 0 Å². The number of benzene rings is 1. The molecule has 0 spiro atoms. The van der Waals surface area contributed by atoms with Crippen molar-refractivity contribution in [2.24, 2.45) is 0 Å². The van der Waals surface area contributed by atoms with Crippen LogP contribution in [-0.2, 0) is 9.53 Å². The van der Waals surface area contributed by atoms with Crippen LogP contribution in [0.5, 0.6) is 0 Å². The van der Waals surface area contributed by atoms with Gasteiger partial charge in [0.15, 0.2) is 6.10 Å². The third-order valence-corrected chi connectivity index (χ3v) is 2.94. The number of nitrogen functional groups attached to an aromatic ring is 1. The first-order chi connectivity index (χ1) is 9.40. The molecule has 0 bridgehead atoms. The summed E-state index contributed by atoms with van der Waals surface area (Å²) >= 11 is 0. The molecule has 110 valence electrons. The highest BCUT2D eigenvalue weighted by atomic mass is 19.1. The number of esters is 1. The summed E-state index contributed by atoms with van der Waals surface area (Å²) in [6.07, 6.45) is -0.914. The molecular weight excluding hydrogens is 263 g/mol. The number of hydrogen-bond donors (Lipinski definition) is 1. The zero-order valence-corrected chi connectivity index (χ0v) is 11.9. The highest BCUT2D eigenvalue weighted by molar-refractivity contribution is 5.92. The van der Waals surface area contributed by atoms with E-state index in [1.54, 1.807) is 4.90 Å². The average Bonchev–Trinajstić information content (AvgIpc) is 2.42. The van der Waals surface area contributed by atoms with E-state index in [4.69, 9.17) is 10.5 Å². The number of ether oxygens (including phenoxy) is 1. The third-order valence-electron chi connectivity index (χ3n) is 2.94. The van der Waals surface area contributed by atoms with Crippen LogP contribution < -0.4 is 5.73 Å². The Morgan fingerprint density at radius 1 is 1.35 bits per heavy atom. The Morgan fingerprint density at radius 3 is 2.45 bits per heavy atom. The number of rotatable bonds is 5. The molecule has 1 rings (SSSR count). The van der Waals surface area contributed by atoms with Crippen molar-refractivity contribution in [2.45, 2.75) is 26.9 Å². The van der Waals surface area contributed by atoms with Crippen molar-refractivity contribution < 1.29 is 18.7 Å². The average molecular weight is 282 g/mol. The van der Waals surface area contributed by atoms with E-state index in [0.29, 0.717) is 13.1 Å². The van der Waals surface area contributed by atoms with Crippen LogP contribution in [0.1, 0.15) is 31.1 Å². The van der Waals surface area contributed by atoms with Gasteiger partial charge in [-0.1, -0.05) is 0 Å². The van der Waals surface area contributed by atoms with Crippen molar-refractivity contribution in [3.63, 3.8) is 0 Å². The first-order valence-electron chi connectivity index (χ1n) is 6.45. The van der Waals surface area contributed by atoms with Gasteiger partial charge in [-0.25, -0.2) is 9.18 Å². The van der Waals surface area contributed by atoms with Gasteiger partial charge in [-0.2, -0.15) is 0 Å². The molecule has 0 aromatic heterocycles. The van der Waals surface area contributed by atoms with E-state index < -0.39 is 17.9 Å². The fourth-order valence-corrected chi connectivity index (χ4v) is 1.73. The van der Waals surface area contributed by atoms with Crippen LogP contribution >= 0.6 is 0 Å². The van der Waals surface area contributed by atoms with E-state index in [1.807, 2.05) is 13.8 Å². The second-order valence-corrected chi connectivity index (χ2v) is 4.29. The highest BCUT2D eigenvalue weighted by Gasteiger charge is 2.22. The van der Waals surface area contributed by atoms with Gasteiger partial charge in [0.25, 0.3) is 5.91 Å². The lowest BCUT2D eigenvalue weighted by Crippen LogP contribution is -2.39. The van der Waals surface area contributed by atoms with Crippen LogP contribution in [0.4, 0.5) is 10.1 Å². The van der Waals surface area contributed by atoms with E-state index >= 15 is 0 Å². The lowest BCUT2D eigenvalue weighted by Gasteiger charge is -2.22. The molecule has 6 heteroatoms. The van der Waals surface area contributed by atoms with Crippen LogP contribution in [0, 0.1) is 5.82 Å². The van der Waals surface area contributed by atoms with Crippen LogP contribution in [0.3, 0.4) is 0 Å². The van der Waals surface area contributed by atoms with Crippen LogP contribution in [0.15, 0.2) is 18.2 Å². The summed E-state index contributed by atoms with van der Waals surface area (Å²) in [6.45, 7) is 6.24. The molecule has 0 aliphatic rings. The lowest BCUT2D eigenvalue weighted by molar-refractivity contribution is -0.139. The third kappa shape index (κ3) is 3.69. The summed E-state index contributed by atoms with van der Waals surface area (Å²) < 4.78 is 18.3. The highest BCUT2D eigenvalue weighted by Crippen LogP contribution is 2.14. The second kappa shape index (κ2) is 6.88. The molecule has 1 amide bonds. The van der Waals surface area contributed by atoms with Crippen LogP contribution in [-0.4, -0.2) is 36.0 Å². The first-order valence-corrected chi connectivity index (χ1v) is 6.45. The van der Waals surface area contributed by atoms with Gasteiger partial charge >= 0.3 is 5.97 Å². The molecule has 1 aromatic rings. The normalized spacial score (nSPS) is 11.8. The molecule has 0 fully saturated rings. The van der Waals surface area contributed by atoms with Crippen molar-refractivity contribution in [3.8, 4) is 0 Å². The van der Waals surface area contributed by atoms with Crippen molar-refractivity contribution in [1.29, 1.82) is 0 Å². The minimum atomic E-state index is -0.914. The molecule has 5 nitrogen and oxygen atoms in total. The van der Waals surface area contributed by atoms with Crippen LogP contribution in [0.25, 0.3) is 0 Å². The summed E-state index contributed by atoms with van der Waals surface area (Å²) in [5.41, 5.74) is 5.30. The predicted molar refractivity (Wildman–Crippen MR) is 73.6 cm³/mol. The number of nitrogens with two attached hydrogens (primary N) is 1. The van der Waals surface area contributed by atoms with Gasteiger partial charge in [-0.05, 0) is 39.0 Å². The van der Waals surface area contributed by atoms with Crippen molar-refractivity contribution >= 4 is 17.6 Å². The zero-order chi connectivity index (χ0) is 15.3. The fraction of sp³-hybridized carbons (Fsp3) is 0.429. The summed E-state index contributed by atoms with van der Waals surface area (Å²) in [5.74, 6) is -1.72. The van der Waals surface area contributed by atoms with E-state index in [1.165, 1.54) is 19.1 Å². The Balaban J connectivity index is 2.74. The summed E-state index contributed by atoms with van der Waals surface area (Å²) in [7, 11) is 0. The second-order valence-electron chi connectivity index (χ2n) is 4.29. The molecule has 2 N–H and O–H groups in total. The standard InChI is InChI=1S/C14H19FN2O3/c1-4-17(5-2)13(18)9(3)20-14(19)10-6-7-12(16)11(15)8-10/h6-9H,4-5,16H2,1-3H3. The number of anilines is 1. The molecular formula is C14H19FN2O3. The topological polar surface area (TPSA) is 72.6 Å².